The third-order valence-electron chi connectivity index (χ3n) is 3.55. The molecule has 8 heteroatoms. The van der Waals surface area contributed by atoms with Crippen LogP contribution >= 0.6 is 23.2 Å². The summed E-state index contributed by atoms with van der Waals surface area (Å²) in [4.78, 5) is 12.4. The van der Waals surface area contributed by atoms with E-state index < -0.39 is 0 Å². The third-order valence-corrected chi connectivity index (χ3v) is 4.37. The Morgan fingerprint density at radius 1 is 1.29 bits per heavy atom. The summed E-state index contributed by atoms with van der Waals surface area (Å²) in [6, 6.07) is 7.55. The predicted molar refractivity (Wildman–Crippen MR) is 93.7 cm³/mol. The van der Waals surface area contributed by atoms with E-state index in [0.29, 0.717) is 33.7 Å². The monoisotopic (exact) mass is 363 g/mol. The molecule has 1 aromatic carbocycles. The number of aromatic nitrogens is 4. The maximum Gasteiger partial charge on any atom is 0.275 e. The van der Waals surface area contributed by atoms with Gasteiger partial charge in [-0.15, -0.1) is 0 Å². The van der Waals surface area contributed by atoms with Crippen LogP contribution < -0.4 is 5.32 Å². The lowest BCUT2D eigenvalue weighted by atomic mass is 10.2. The average molecular weight is 364 g/mol. The molecule has 3 rings (SSSR count). The van der Waals surface area contributed by atoms with Gasteiger partial charge in [-0.3, -0.25) is 14.2 Å². The normalized spacial score (nSPS) is 10.8. The van der Waals surface area contributed by atoms with Crippen LogP contribution in [0.2, 0.25) is 10.0 Å². The van der Waals surface area contributed by atoms with Crippen LogP contribution in [-0.2, 0) is 13.6 Å². The lowest BCUT2D eigenvalue weighted by Crippen LogP contribution is -2.16. The number of anilines is 1. The minimum Gasteiger partial charge on any atom is -0.318 e. The molecule has 1 amide bonds. The molecule has 0 saturated heterocycles. The minimum absolute atomic E-state index is 0.313. The van der Waals surface area contributed by atoms with E-state index in [1.165, 1.54) is 4.68 Å². The quantitative estimate of drug-likeness (QED) is 0.770. The first kappa shape index (κ1) is 16.5. The van der Waals surface area contributed by atoms with Gasteiger partial charge in [-0.25, -0.2) is 0 Å². The smallest absolute Gasteiger partial charge is 0.275 e. The molecule has 0 aliphatic carbocycles. The second-order valence-electron chi connectivity index (χ2n) is 5.34. The Morgan fingerprint density at radius 2 is 2.04 bits per heavy atom. The summed E-state index contributed by atoms with van der Waals surface area (Å²) in [6.07, 6.45) is 3.31. The fourth-order valence-corrected chi connectivity index (χ4v) is 2.83. The molecule has 0 bridgehead atoms. The van der Waals surface area contributed by atoms with Crippen molar-refractivity contribution >= 4 is 34.8 Å². The predicted octanol–water partition coefficient (Wildman–Crippen LogP) is 3.53. The maximum atomic E-state index is 12.4. The van der Waals surface area contributed by atoms with Gasteiger partial charge >= 0.3 is 0 Å². The van der Waals surface area contributed by atoms with E-state index in [0.717, 1.165) is 5.56 Å². The van der Waals surface area contributed by atoms with Gasteiger partial charge in [-0.1, -0.05) is 41.4 Å². The molecule has 6 nitrogen and oxygen atoms in total. The van der Waals surface area contributed by atoms with Crippen LogP contribution in [-0.4, -0.2) is 25.5 Å². The Bertz CT molecular complexity index is 900. The molecule has 2 aromatic heterocycles. The highest BCUT2D eigenvalue weighted by atomic mass is 35.5. The van der Waals surface area contributed by atoms with Crippen LogP contribution in [0.1, 0.15) is 21.7 Å². The summed E-state index contributed by atoms with van der Waals surface area (Å²) in [5.74, 6) is -0.333. The molecule has 0 aliphatic heterocycles. The van der Waals surface area contributed by atoms with Gasteiger partial charge in [-0.05, 0) is 18.6 Å². The molecule has 124 valence electrons. The van der Waals surface area contributed by atoms with Crippen molar-refractivity contribution in [3.63, 3.8) is 0 Å². The van der Waals surface area contributed by atoms with Crippen LogP contribution in [0.4, 0.5) is 5.69 Å². The number of hydrogen-bond acceptors (Lipinski definition) is 3. The zero-order valence-corrected chi connectivity index (χ0v) is 14.6. The first-order valence-corrected chi connectivity index (χ1v) is 7.97. The highest BCUT2D eigenvalue weighted by Gasteiger charge is 2.19. The molecule has 0 spiro atoms. The molecule has 0 atom stereocenters. The zero-order valence-electron chi connectivity index (χ0n) is 13.1. The molecule has 0 radical (unpaired) electrons. The lowest BCUT2D eigenvalue weighted by molar-refractivity contribution is 0.101. The van der Waals surface area contributed by atoms with E-state index in [1.54, 1.807) is 31.0 Å². The van der Waals surface area contributed by atoms with Crippen molar-refractivity contribution in [3.05, 3.63) is 63.7 Å². The molecule has 0 saturated carbocycles. The van der Waals surface area contributed by atoms with Gasteiger partial charge < -0.3 is 5.32 Å². The number of amides is 1. The molecule has 0 unspecified atom stereocenters. The number of carbonyl (C=O) groups excluding carboxylic acids is 1. The number of nitrogens with zero attached hydrogens (tertiary/aromatic N) is 4. The molecular formula is C16H15Cl2N5O. The highest BCUT2D eigenvalue weighted by Crippen LogP contribution is 2.21. The Labute approximate surface area is 149 Å². The molecule has 0 fully saturated rings. The highest BCUT2D eigenvalue weighted by molar-refractivity contribution is 6.34. The van der Waals surface area contributed by atoms with Gasteiger partial charge in [0.1, 0.15) is 5.69 Å². The Hall–Kier alpha value is -2.31. The fourth-order valence-electron chi connectivity index (χ4n) is 2.38. The molecule has 3 aromatic rings. The standard InChI is InChI=1S/C16H15Cl2N5O/c1-10-14(18)15(22(2)21-10)16(24)20-12-7-19-23(9-12)8-11-5-3-4-6-13(11)17/h3-7,9H,8H2,1-2H3,(H,20,24). The molecule has 1 N–H and O–H groups in total. The summed E-state index contributed by atoms with van der Waals surface area (Å²) < 4.78 is 3.16. The minimum atomic E-state index is -0.333. The van der Waals surface area contributed by atoms with Crippen LogP contribution in [0.25, 0.3) is 0 Å². The van der Waals surface area contributed by atoms with Crippen LogP contribution in [0.3, 0.4) is 0 Å². The second-order valence-corrected chi connectivity index (χ2v) is 6.13. The molecule has 24 heavy (non-hydrogen) atoms. The summed E-state index contributed by atoms with van der Waals surface area (Å²) >= 11 is 12.3. The summed E-state index contributed by atoms with van der Waals surface area (Å²) in [6.45, 7) is 2.27. The lowest BCUT2D eigenvalue weighted by Gasteiger charge is -2.04. The van der Waals surface area contributed by atoms with Gasteiger partial charge in [0, 0.05) is 18.3 Å². The molecule has 0 aliphatic rings. The van der Waals surface area contributed by atoms with Crippen molar-refractivity contribution in [2.24, 2.45) is 7.05 Å². The van der Waals surface area contributed by atoms with Crippen LogP contribution in [0, 0.1) is 6.92 Å². The molecular weight excluding hydrogens is 349 g/mol. The van der Waals surface area contributed by atoms with Crippen molar-refractivity contribution in [1.29, 1.82) is 0 Å². The Kier molecular flexibility index (Phi) is 4.59. The number of halogens is 2. The number of hydrogen-bond donors (Lipinski definition) is 1. The Morgan fingerprint density at radius 3 is 2.71 bits per heavy atom. The van der Waals surface area contributed by atoms with E-state index in [-0.39, 0.29) is 5.91 Å². The number of carbonyl (C=O) groups is 1. The fraction of sp³-hybridized carbons (Fsp3) is 0.188. The third kappa shape index (κ3) is 3.29. The maximum absolute atomic E-state index is 12.4. The van der Waals surface area contributed by atoms with Gasteiger partial charge in [0.2, 0.25) is 0 Å². The van der Waals surface area contributed by atoms with Crippen molar-refractivity contribution in [2.45, 2.75) is 13.5 Å². The van der Waals surface area contributed by atoms with Crippen molar-refractivity contribution in [1.82, 2.24) is 19.6 Å². The van der Waals surface area contributed by atoms with Crippen molar-refractivity contribution in [2.75, 3.05) is 5.32 Å². The first-order valence-electron chi connectivity index (χ1n) is 7.22. The van der Waals surface area contributed by atoms with Gasteiger partial charge in [-0.2, -0.15) is 10.2 Å². The average Bonchev–Trinajstić information content (AvgIpc) is 3.06. The van der Waals surface area contributed by atoms with Crippen molar-refractivity contribution in [3.8, 4) is 0 Å². The zero-order chi connectivity index (χ0) is 17.3. The topological polar surface area (TPSA) is 64.7 Å². The van der Waals surface area contributed by atoms with Gasteiger partial charge in [0.15, 0.2) is 0 Å². The van der Waals surface area contributed by atoms with Gasteiger partial charge in [0.05, 0.1) is 29.1 Å². The summed E-state index contributed by atoms with van der Waals surface area (Å²) in [5, 5.41) is 12.2. The van der Waals surface area contributed by atoms with Gasteiger partial charge in [0.25, 0.3) is 5.91 Å². The van der Waals surface area contributed by atoms with E-state index in [4.69, 9.17) is 23.2 Å². The second kappa shape index (κ2) is 6.67. The van der Waals surface area contributed by atoms with E-state index in [2.05, 4.69) is 15.5 Å². The largest absolute Gasteiger partial charge is 0.318 e. The number of aryl methyl sites for hydroxylation is 2. The van der Waals surface area contributed by atoms with E-state index in [9.17, 15) is 4.79 Å². The number of benzene rings is 1. The summed E-state index contributed by atoms with van der Waals surface area (Å²) in [5.41, 5.74) is 2.44. The van der Waals surface area contributed by atoms with E-state index in [1.807, 2.05) is 24.3 Å². The number of nitrogens with one attached hydrogen (secondary N) is 1. The van der Waals surface area contributed by atoms with Crippen LogP contribution in [0.5, 0.6) is 0 Å². The number of rotatable bonds is 4. The SMILES string of the molecule is Cc1nn(C)c(C(=O)Nc2cnn(Cc3ccccc3Cl)c2)c1Cl. The van der Waals surface area contributed by atoms with Crippen LogP contribution in [0.15, 0.2) is 36.7 Å². The first-order chi connectivity index (χ1) is 11.5. The summed E-state index contributed by atoms with van der Waals surface area (Å²) in [7, 11) is 1.68. The Balaban J connectivity index is 1.74. The van der Waals surface area contributed by atoms with E-state index >= 15 is 0 Å². The molecule has 2 heterocycles. The van der Waals surface area contributed by atoms with Crippen molar-refractivity contribution < 1.29 is 4.79 Å².